The van der Waals surface area contributed by atoms with Gasteiger partial charge < -0.3 is 4.90 Å². The van der Waals surface area contributed by atoms with Gasteiger partial charge in [0.15, 0.2) is 0 Å². The molecule has 2 aromatic rings. The molecule has 0 radical (unpaired) electrons. The van der Waals surface area contributed by atoms with Gasteiger partial charge in [0, 0.05) is 36.7 Å². The predicted octanol–water partition coefficient (Wildman–Crippen LogP) is 2.92. The molecule has 160 valence electrons. The minimum atomic E-state index is -3.42. The Hall–Kier alpha value is -2.58. The van der Waals surface area contributed by atoms with E-state index in [1.807, 2.05) is 12.1 Å². The van der Waals surface area contributed by atoms with Crippen LogP contribution in [0.1, 0.15) is 25.0 Å². The number of likely N-dealkylation sites (tertiary alicyclic amines) is 1. The smallest absolute Gasteiger partial charge is 0.223 e. The average Bonchev–Trinajstić information content (AvgIpc) is 3.07. The van der Waals surface area contributed by atoms with Gasteiger partial charge in [-0.3, -0.25) is 9.78 Å². The fraction of sp³-hybridized carbons (Fsp3) is 0.364. The van der Waals surface area contributed by atoms with Crippen LogP contribution >= 0.6 is 0 Å². The van der Waals surface area contributed by atoms with Crippen LogP contribution in [0, 0.1) is 5.82 Å². The number of carbonyl (C=O) groups is 1. The highest BCUT2D eigenvalue weighted by Gasteiger charge is 2.38. The summed E-state index contributed by atoms with van der Waals surface area (Å²) in [4.78, 5) is 19.1. The van der Waals surface area contributed by atoms with Crippen LogP contribution in [0.15, 0.2) is 55.1 Å². The molecule has 0 spiro atoms. The molecule has 1 aliphatic heterocycles. The van der Waals surface area contributed by atoms with Crippen LogP contribution in [0.5, 0.6) is 0 Å². The number of benzene rings is 1. The van der Waals surface area contributed by atoms with Crippen molar-refractivity contribution in [2.24, 2.45) is 0 Å². The van der Waals surface area contributed by atoms with Gasteiger partial charge in [-0.1, -0.05) is 24.3 Å². The van der Waals surface area contributed by atoms with Crippen LogP contribution in [0.25, 0.3) is 11.3 Å². The predicted molar refractivity (Wildman–Crippen MR) is 115 cm³/mol. The molecule has 30 heavy (non-hydrogen) atoms. The SMILES string of the molecule is C=CCCC(=O)N1CCC(NS(C)(=O)=O)C1Cc1cccc(-c2cccc(F)c2)n1. The van der Waals surface area contributed by atoms with Gasteiger partial charge in [-0.05, 0) is 37.1 Å². The normalized spacial score (nSPS) is 19.1. The first-order valence-corrected chi connectivity index (χ1v) is 11.8. The lowest BCUT2D eigenvalue weighted by Gasteiger charge is -2.28. The maximum Gasteiger partial charge on any atom is 0.223 e. The van der Waals surface area contributed by atoms with Gasteiger partial charge in [0.25, 0.3) is 0 Å². The summed E-state index contributed by atoms with van der Waals surface area (Å²) in [5, 5.41) is 0. The Bertz CT molecular complexity index is 1030. The lowest BCUT2D eigenvalue weighted by atomic mass is 10.0. The van der Waals surface area contributed by atoms with Gasteiger partial charge in [-0.25, -0.2) is 17.5 Å². The van der Waals surface area contributed by atoms with E-state index < -0.39 is 10.0 Å². The third-order valence-corrected chi connectivity index (χ3v) is 5.87. The number of rotatable bonds is 8. The van der Waals surface area contributed by atoms with Gasteiger partial charge in [-0.2, -0.15) is 0 Å². The van der Waals surface area contributed by atoms with Crippen LogP contribution in [-0.2, 0) is 21.2 Å². The highest BCUT2D eigenvalue weighted by molar-refractivity contribution is 7.88. The van der Waals surface area contributed by atoms with E-state index in [9.17, 15) is 17.6 Å². The van der Waals surface area contributed by atoms with E-state index in [4.69, 9.17) is 0 Å². The highest BCUT2D eigenvalue weighted by atomic mass is 32.2. The monoisotopic (exact) mass is 431 g/mol. The fourth-order valence-electron chi connectivity index (χ4n) is 3.81. The Labute approximate surface area is 176 Å². The zero-order valence-corrected chi connectivity index (χ0v) is 17.7. The molecule has 0 aliphatic carbocycles. The molecule has 1 aliphatic rings. The summed E-state index contributed by atoms with van der Waals surface area (Å²) in [6.07, 6.45) is 4.66. The maximum absolute atomic E-state index is 13.6. The summed E-state index contributed by atoms with van der Waals surface area (Å²) >= 11 is 0. The number of aromatic nitrogens is 1. The van der Waals surface area contributed by atoms with Crippen molar-refractivity contribution in [1.29, 1.82) is 0 Å². The Morgan fingerprint density at radius 2 is 2.10 bits per heavy atom. The van der Waals surface area contributed by atoms with Crippen molar-refractivity contribution in [2.75, 3.05) is 12.8 Å². The quantitative estimate of drug-likeness (QED) is 0.652. The van der Waals surface area contributed by atoms with Crippen LogP contribution in [0.3, 0.4) is 0 Å². The van der Waals surface area contributed by atoms with Crippen molar-refractivity contribution in [3.05, 3.63) is 66.6 Å². The van der Waals surface area contributed by atoms with Crippen LogP contribution in [-0.4, -0.2) is 49.1 Å². The molecule has 0 bridgehead atoms. The Kier molecular flexibility index (Phi) is 6.99. The number of pyridine rings is 1. The first-order chi connectivity index (χ1) is 14.3. The van der Waals surface area contributed by atoms with E-state index in [0.717, 1.165) is 6.26 Å². The minimum absolute atomic E-state index is 0.0287. The molecule has 1 amide bonds. The number of hydrogen-bond acceptors (Lipinski definition) is 4. The molecule has 1 aromatic carbocycles. The van der Waals surface area contributed by atoms with Crippen LogP contribution in [0.4, 0.5) is 4.39 Å². The highest BCUT2D eigenvalue weighted by Crippen LogP contribution is 2.25. The lowest BCUT2D eigenvalue weighted by molar-refractivity contribution is -0.132. The van der Waals surface area contributed by atoms with Gasteiger partial charge >= 0.3 is 0 Å². The topological polar surface area (TPSA) is 79.4 Å². The molecule has 2 heterocycles. The summed E-state index contributed by atoms with van der Waals surface area (Å²) in [7, 11) is -3.42. The van der Waals surface area contributed by atoms with Crippen LogP contribution in [0.2, 0.25) is 0 Å². The average molecular weight is 432 g/mol. The molecular weight excluding hydrogens is 405 g/mol. The van der Waals surface area contributed by atoms with Gasteiger partial charge in [0.05, 0.1) is 18.0 Å². The van der Waals surface area contributed by atoms with Crippen molar-refractivity contribution in [3.63, 3.8) is 0 Å². The third kappa shape index (κ3) is 5.73. The summed E-state index contributed by atoms with van der Waals surface area (Å²) < 4.78 is 39.9. The molecule has 2 atom stereocenters. The number of carbonyl (C=O) groups excluding carboxylic acids is 1. The van der Waals surface area contributed by atoms with E-state index in [1.54, 1.807) is 29.2 Å². The Balaban J connectivity index is 1.86. The first kappa shape index (κ1) is 22.1. The van der Waals surface area contributed by atoms with Gasteiger partial charge in [-0.15, -0.1) is 6.58 Å². The van der Waals surface area contributed by atoms with E-state index in [1.165, 1.54) is 12.1 Å². The van der Waals surface area contributed by atoms with E-state index >= 15 is 0 Å². The molecule has 1 aromatic heterocycles. The molecule has 1 saturated heterocycles. The van der Waals surface area contributed by atoms with Crippen LogP contribution < -0.4 is 4.72 Å². The van der Waals surface area contributed by atoms with Gasteiger partial charge in [0.2, 0.25) is 15.9 Å². The Morgan fingerprint density at radius 1 is 1.33 bits per heavy atom. The lowest BCUT2D eigenvalue weighted by Crippen LogP contribution is -2.47. The Morgan fingerprint density at radius 3 is 2.80 bits per heavy atom. The molecule has 6 nitrogen and oxygen atoms in total. The molecule has 0 saturated carbocycles. The number of nitrogens with one attached hydrogen (secondary N) is 1. The number of hydrogen-bond donors (Lipinski definition) is 1. The summed E-state index contributed by atoms with van der Waals surface area (Å²) in [5.41, 5.74) is 2.00. The molecule has 1 fully saturated rings. The largest absolute Gasteiger partial charge is 0.338 e. The summed E-state index contributed by atoms with van der Waals surface area (Å²) in [6.45, 7) is 4.14. The molecule has 3 rings (SSSR count). The van der Waals surface area contributed by atoms with E-state index in [2.05, 4.69) is 16.3 Å². The number of nitrogens with zero attached hydrogens (tertiary/aromatic N) is 2. The van der Waals surface area contributed by atoms with Crippen molar-refractivity contribution in [2.45, 2.75) is 37.8 Å². The van der Waals surface area contributed by atoms with E-state index in [0.29, 0.717) is 49.2 Å². The zero-order valence-electron chi connectivity index (χ0n) is 16.9. The minimum Gasteiger partial charge on any atom is -0.338 e. The summed E-state index contributed by atoms with van der Waals surface area (Å²) in [6, 6.07) is 10.9. The second-order valence-corrected chi connectivity index (χ2v) is 9.28. The maximum atomic E-state index is 13.6. The van der Waals surface area contributed by atoms with Crippen molar-refractivity contribution < 1.29 is 17.6 Å². The van der Waals surface area contributed by atoms with E-state index in [-0.39, 0.29) is 23.8 Å². The molecular formula is C22H26FN3O3S. The van der Waals surface area contributed by atoms with Crippen molar-refractivity contribution >= 4 is 15.9 Å². The summed E-state index contributed by atoms with van der Waals surface area (Å²) in [5.74, 6) is -0.370. The fourth-order valence-corrected chi connectivity index (χ4v) is 4.64. The number of halogens is 1. The molecule has 1 N–H and O–H groups in total. The second-order valence-electron chi connectivity index (χ2n) is 7.50. The molecule has 8 heteroatoms. The first-order valence-electron chi connectivity index (χ1n) is 9.86. The van der Waals surface area contributed by atoms with Crippen molar-refractivity contribution in [1.82, 2.24) is 14.6 Å². The zero-order chi connectivity index (χ0) is 21.7. The van der Waals surface area contributed by atoms with Crippen molar-refractivity contribution in [3.8, 4) is 11.3 Å². The standard InChI is InChI=1S/C22H26FN3O3S/c1-3-4-11-22(27)26-13-12-20(25-30(2,28)29)21(26)15-18-9-6-10-19(24-18)16-7-5-8-17(23)14-16/h3,5-10,14,20-21,25H,1,4,11-13,15H2,2H3. The third-order valence-electron chi connectivity index (χ3n) is 5.14. The molecule has 2 unspecified atom stereocenters. The number of amides is 1. The number of sulfonamides is 1. The second kappa shape index (κ2) is 9.49. The number of allylic oxidation sites excluding steroid dienone is 1. The van der Waals surface area contributed by atoms with Gasteiger partial charge in [0.1, 0.15) is 5.82 Å².